The fourth-order valence-corrected chi connectivity index (χ4v) is 3.68. The maximum absolute atomic E-state index is 12.2. The Bertz CT molecular complexity index is 613. The molecule has 0 spiro atoms. The molecule has 0 unspecified atom stereocenters. The van der Waals surface area contributed by atoms with Gasteiger partial charge in [-0.2, -0.15) is 0 Å². The summed E-state index contributed by atoms with van der Waals surface area (Å²) >= 11 is 5.86. The number of sulfonamides is 1. The van der Waals surface area contributed by atoms with Crippen LogP contribution in [0.15, 0.2) is 29.3 Å². The van der Waals surface area contributed by atoms with Crippen molar-refractivity contribution in [2.24, 2.45) is 4.99 Å². The highest BCUT2D eigenvalue weighted by Gasteiger charge is 2.18. The molecule has 2 N–H and O–H groups in total. The van der Waals surface area contributed by atoms with Crippen molar-refractivity contribution in [2.45, 2.75) is 27.3 Å². The van der Waals surface area contributed by atoms with E-state index in [-0.39, 0.29) is 5.75 Å². The van der Waals surface area contributed by atoms with Crippen molar-refractivity contribution in [3.8, 4) is 0 Å². The standard InChI is InChI=1S/C16H27ClN4O2S/c1-4-18-16(20-13-14-7-9-15(17)10-8-14)19-11-12-24(22,23)21(5-2)6-3/h7-10H,4-6,11-13H2,1-3H3,(H2,18,19,20). The topological polar surface area (TPSA) is 73.8 Å². The average Bonchev–Trinajstić information content (AvgIpc) is 2.54. The van der Waals surface area contributed by atoms with Crippen molar-refractivity contribution in [1.29, 1.82) is 0 Å². The number of nitrogens with one attached hydrogen (secondary N) is 2. The first-order valence-electron chi connectivity index (χ1n) is 8.17. The van der Waals surface area contributed by atoms with Gasteiger partial charge in [0, 0.05) is 31.2 Å². The van der Waals surface area contributed by atoms with Crippen LogP contribution < -0.4 is 10.6 Å². The van der Waals surface area contributed by atoms with E-state index >= 15 is 0 Å². The van der Waals surface area contributed by atoms with Crippen LogP contribution in [0.5, 0.6) is 0 Å². The van der Waals surface area contributed by atoms with E-state index in [4.69, 9.17) is 11.6 Å². The van der Waals surface area contributed by atoms with Gasteiger partial charge in [-0.25, -0.2) is 17.7 Å². The third kappa shape index (κ3) is 7.07. The summed E-state index contributed by atoms with van der Waals surface area (Å²) in [6, 6.07) is 7.48. The van der Waals surface area contributed by atoms with Gasteiger partial charge >= 0.3 is 0 Å². The van der Waals surface area contributed by atoms with Crippen LogP contribution in [-0.2, 0) is 16.6 Å². The fourth-order valence-electron chi connectivity index (χ4n) is 2.15. The van der Waals surface area contributed by atoms with Gasteiger partial charge in [0.15, 0.2) is 5.96 Å². The molecule has 8 heteroatoms. The van der Waals surface area contributed by atoms with Crippen molar-refractivity contribution in [3.05, 3.63) is 34.9 Å². The minimum absolute atomic E-state index is 0.0417. The number of hydrogen-bond acceptors (Lipinski definition) is 3. The monoisotopic (exact) mass is 374 g/mol. The molecule has 0 aliphatic heterocycles. The van der Waals surface area contributed by atoms with E-state index in [1.807, 2.05) is 45.0 Å². The van der Waals surface area contributed by atoms with Crippen molar-refractivity contribution >= 4 is 27.6 Å². The summed E-state index contributed by atoms with van der Waals surface area (Å²) in [6.07, 6.45) is 0. The van der Waals surface area contributed by atoms with Gasteiger partial charge in [-0.15, -0.1) is 0 Å². The van der Waals surface area contributed by atoms with E-state index in [0.717, 1.165) is 5.56 Å². The minimum atomic E-state index is -3.23. The largest absolute Gasteiger partial charge is 0.357 e. The molecule has 0 fully saturated rings. The molecular formula is C16H27ClN4O2S. The van der Waals surface area contributed by atoms with Crippen LogP contribution >= 0.6 is 11.6 Å². The molecule has 24 heavy (non-hydrogen) atoms. The Balaban J connectivity index is 2.59. The average molecular weight is 375 g/mol. The predicted molar refractivity (Wildman–Crippen MR) is 101 cm³/mol. The molecule has 1 aromatic carbocycles. The zero-order valence-corrected chi connectivity index (χ0v) is 16.1. The van der Waals surface area contributed by atoms with Gasteiger partial charge < -0.3 is 10.6 Å². The summed E-state index contributed by atoms with van der Waals surface area (Å²) < 4.78 is 25.8. The number of nitrogens with zero attached hydrogens (tertiary/aromatic N) is 2. The van der Waals surface area contributed by atoms with Crippen LogP contribution in [0.4, 0.5) is 0 Å². The fraction of sp³-hybridized carbons (Fsp3) is 0.562. The minimum Gasteiger partial charge on any atom is -0.357 e. The lowest BCUT2D eigenvalue weighted by atomic mass is 10.2. The van der Waals surface area contributed by atoms with Crippen molar-refractivity contribution in [1.82, 2.24) is 14.9 Å². The molecule has 6 nitrogen and oxygen atoms in total. The molecule has 136 valence electrons. The van der Waals surface area contributed by atoms with Gasteiger partial charge in [-0.3, -0.25) is 0 Å². The first-order chi connectivity index (χ1) is 11.4. The Morgan fingerprint density at radius 1 is 1.12 bits per heavy atom. The number of rotatable bonds is 9. The predicted octanol–water partition coefficient (Wildman–Crippen LogP) is 2.07. The molecule has 0 heterocycles. The molecule has 1 rings (SSSR count). The summed E-state index contributed by atoms with van der Waals surface area (Å²) in [7, 11) is -3.23. The normalized spacial score (nSPS) is 12.5. The van der Waals surface area contributed by atoms with Gasteiger partial charge in [0.05, 0.1) is 12.3 Å². The van der Waals surface area contributed by atoms with Crippen LogP contribution in [0, 0.1) is 0 Å². The van der Waals surface area contributed by atoms with Gasteiger partial charge in [0.1, 0.15) is 0 Å². The van der Waals surface area contributed by atoms with Crippen LogP contribution in [0.25, 0.3) is 0 Å². The molecule has 0 saturated heterocycles. The second-order valence-electron chi connectivity index (χ2n) is 5.15. The molecule has 0 aliphatic carbocycles. The summed E-state index contributed by atoms with van der Waals surface area (Å²) in [6.45, 7) is 8.13. The highest BCUT2D eigenvalue weighted by molar-refractivity contribution is 7.89. The number of guanidine groups is 1. The van der Waals surface area contributed by atoms with Crippen LogP contribution in [0.1, 0.15) is 26.3 Å². The summed E-state index contributed by atoms with van der Waals surface area (Å²) in [5.74, 6) is 0.641. The highest BCUT2D eigenvalue weighted by Crippen LogP contribution is 2.10. The Labute approximate surface area is 150 Å². The quantitative estimate of drug-likeness (QED) is 0.512. The summed E-state index contributed by atoms with van der Waals surface area (Å²) in [4.78, 5) is 4.46. The summed E-state index contributed by atoms with van der Waals surface area (Å²) in [5, 5.41) is 6.87. The zero-order chi connectivity index (χ0) is 18.0. The lowest BCUT2D eigenvalue weighted by molar-refractivity contribution is 0.445. The van der Waals surface area contributed by atoms with Crippen molar-refractivity contribution < 1.29 is 8.42 Å². The first-order valence-corrected chi connectivity index (χ1v) is 10.2. The Hall–Kier alpha value is -1.31. The van der Waals surface area contributed by atoms with E-state index in [2.05, 4.69) is 15.6 Å². The molecule has 0 atom stereocenters. The molecule has 0 radical (unpaired) electrons. The molecule has 1 aromatic rings. The van der Waals surface area contributed by atoms with Crippen molar-refractivity contribution in [2.75, 3.05) is 31.9 Å². The number of halogens is 1. The third-order valence-corrected chi connectivity index (χ3v) is 5.70. The lowest BCUT2D eigenvalue weighted by Crippen LogP contribution is -2.42. The maximum atomic E-state index is 12.2. The Kier molecular flexibility index (Phi) is 9.10. The zero-order valence-electron chi connectivity index (χ0n) is 14.5. The second-order valence-corrected chi connectivity index (χ2v) is 7.67. The molecule has 0 saturated carbocycles. The lowest BCUT2D eigenvalue weighted by Gasteiger charge is -2.19. The second kappa shape index (κ2) is 10.5. The van der Waals surface area contributed by atoms with E-state index in [9.17, 15) is 8.42 Å². The smallest absolute Gasteiger partial charge is 0.215 e. The number of aliphatic imine (C=N–C) groups is 1. The molecular weight excluding hydrogens is 348 g/mol. The SMILES string of the molecule is CCNC(=NCc1ccc(Cl)cc1)NCCS(=O)(=O)N(CC)CC. The molecule has 0 bridgehead atoms. The Morgan fingerprint density at radius 3 is 2.29 bits per heavy atom. The van der Waals surface area contributed by atoms with E-state index in [1.54, 1.807) is 0 Å². The van der Waals surface area contributed by atoms with Crippen LogP contribution in [0.2, 0.25) is 5.02 Å². The first kappa shape index (κ1) is 20.7. The molecule has 0 amide bonds. The third-order valence-electron chi connectivity index (χ3n) is 3.43. The van der Waals surface area contributed by atoms with Gasteiger partial charge in [-0.05, 0) is 24.6 Å². The Morgan fingerprint density at radius 2 is 1.75 bits per heavy atom. The molecule has 0 aliphatic rings. The highest BCUT2D eigenvalue weighted by atomic mass is 35.5. The number of benzene rings is 1. The van der Waals surface area contributed by atoms with Gasteiger partial charge in [0.25, 0.3) is 0 Å². The van der Waals surface area contributed by atoms with E-state index in [1.165, 1.54) is 4.31 Å². The van der Waals surface area contributed by atoms with E-state index in [0.29, 0.717) is 43.7 Å². The summed E-state index contributed by atoms with van der Waals surface area (Å²) in [5.41, 5.74) is 1.03. The van der Waals surface area contributed by atoms with Gasteiger partial charge in [0.2, 0.25) is 10.0 Å². The molecule has 0 aromatic heterocycles. The van der Waals surface area contributed by atoms with Crippen LogP contribution in [-0.4, -0.2) is 50.6 Å². The van der Waals surface area contributed by atoms with Crippen molar-refractivity contribution in [3.63, 3.8) is 0 Å². The maximum Gasteiger partial charge on any atom is 0.215 e. The van der Waals surface area contributed by atoms with Crippen LogP contribution in [0.3, 0.4) is 0 Å². The number of hydrogen-bond donors (Lipinski definition) is 2. The van der Waals surface area contributed by atoms with Gasteiger partial charge in [-0.1, -0.05) is 37.6 Å². The van der Waals surface area contributed by atoms with E-state index < -0.39 is 10.0 Å².